The first-order valence-electron chi connectivity index (χ1n) is 8.30. The van der Waals surface area contributed by atoms with Crippen molar-refractivity contribution in [2.75, 3.05) is 6.54 Å². The van der Waals surface area contributed by atoms with Crippen LogP contribution in [0, 0.1) is 6.92 Å². The van der Waals surface area contributed by atoms with Crippen molar-refractivity contribution in [1.29, 1.82) is 0 Å². The first kappa shape index (κ1) is 14.2. The summed E-state index contributed by atoms with van der Waals surface area (Å²) in [5, 5.41) is 3.74. The molecule has 0 amide bonds. The Morgan fingerprint density at radius 3 is 2.60 bits per heavy atom. The molecule has 2 saturated heterocycles. The van der Waals surface area contributed by atoms with E-state index in [2.05, 4.69) is 29.3 Å². The quantitative estimate of drug-likeness (QED) is 0.892. The van der Waals surface area contributed by atoms with Crippen LogP contribution in [0.3, 0.4) is 0 Å². The molecule has 0 saturated carbocycles. The topological polar surface area (TPSA) is 28.4 Å². The summed E-state index contributed by atoms with van der Waals surface area (Å²) in [6.07, 6.45) is 8.00. The number of aryl methyl sites for hydroxylation is 1. The van der Waals surface area contributed by atoms with Gasteiger partial charge in [0.25, 0.3) is 0 Å². The second-order valence-corrected chi connectivity index (χ2v) is 6.55. The summed E-state index contributed by atoms with van der Waals surface area (Å²) in [5.74, 6) is 2.17. The monoisotopic (exact) mass is 276 g/mol. The van der Waals surface area contributed by atoms with Crippen LogP contribution in [0.25, 0.3) is 0 Å². The van der Waals surface area contributed by atoms with Crippen molar-refractivity contribution in [2.45, 2.75) is 77.0 Å². The zero-order valence-corrected chi connectivity index (χ0v) is 12.9. The van der Waals surface area contributed by atoms with Crippen molar-refractivity contribution < 1.29 is 4.42 Å². The fourth-order valence-corrected chi connectivity index (χ4v) is 4.00. The molecule has 3 nitrogen and oxygen atoms in total. The molecule has 2 aliphatic rings. The van der Waals surface area contributed by atoms with Crippen LogP contribution in [0.2, 0.25) is 0 Å². The number of piperidine rings is 2. The van der Waals surface area contributed by atoms with Crippen molar-refractivity contribution in [2.24, 2.45) is 0 Å². The van der Waals surface area contributed by atoms with Crippen LogP contribution >= 0.6 is 0 Å². The maximum Gasteiger partial charge on any atom is 0.118 e. The molecule has 0 spiro atoms. The minimum atomic E-state index is 0.736. The zero-order chi connectivity index (χ0) is 13.9. The molecule has 2 bridgehead atoms. The van der Waals surface area contributed by atoms with Gasteiger partial charge in [-0.2, -0.15) is 0 Å². The minimum Gasteiger partial charge on any atom is -0.465 e. The minimum absolute atomic E-state index is 0.736. The predicted octanol–water partition coefficient (Wildman–Crippen LogP) is 3.47. The lowest BCUT2D eigenvalue weighted by Crippen LogP contribution is -2.55. The van der Waals surface area contributed by atoms with Crippen molar-refractivity contribution in [3.05, 3.63) is 23.7 Å². The van der Waals surface area contributed by atoms with Crippen molar-refractivity contribution in [1.82, 2.24) is 10.2 Å². The van der Waals surface area contributed by atoms with E-state index in [0.717, 1.165) is 36.2 Å². The molecule has 2 aliphatic heterocycles. The van der Waals surface area contributed by atoms with Crippen LogP contribution < -0.4 is 5.32 Å². The molecule has 2 fully saturated rings. The Morgan fingerprint density at radius 1 is 1.25 bits per heavy atom. The molecule has 0 radical (unpaired) electrons. The van der Waals surface area contributed by atoms with Crippen LogP contribution in [0.15, 0.2) is 16.5 Å². The second-order valence-electron chi connectivity index (χ2n) is 6.55. The number of fused-ring (bicyclic) bond motifs is 2. The Labute approximate surface area is 122 Å². The normalized spacial score (nSPS) is 30.6. The smallest absolute Gasteiger partial charge is 0.118 e. The lowest BCUT2D eigenvalue weighted by Gasteiger charge is -2.48. The van der Waals surface area contributed by atoms with E-state index in [1.807, 2.05) is 6.92 Å². The van der Waals surface area contributed by atoms with E-state index < -0.39 is 0 Å². The molecule has 3 heteroatoms. The van der Waals surface area contributed by atoms with Crippen molar-refractivity contribution in [3.8, 4) is 0 Å². The average molecular weight is 276 g/mol. The Bertz CT molecular complexity index is 414. The van der Waals surface area contributed by atoms with Gasteiger partial charge in [-0.3, -0.25) is 4.90 Å². The molecule has 0 aromatic carbocycles. The Balaban J connectivity index is 1.64. The fraction of sp³-hybridized carbons (Fsp3) is 0.765. The van der Waals surface area contributed by atoms with Gasteiger partial charge >= 0.3 is 0 Å². The lowest BCUT2D eigenvalue weighted by atomic mass is 9.81. The molecule has 3 rings (SSSR count). The Kier molecular flexibility index (Phi) is 4.47. The van der Waals surface area contributed by atoms with Crippen molar-refractivity contribution >= 4 is 0 Å². The number of nitrogens with one attached hydrogen (secondary N) is 1. The largest absolute Gasteiger partial charge is 0.465 e. The predicted molar refractivity (Wildman–Crippen MR) is 81.7 cm³/mol. The molecule has 1 N–H and O–H groups in total. The maximum atomic E-state index is 5.79. The molecular weight excluding hydrogens is 248 g/mol. The van der Waals surface area contributed by atoms with Gasteiger partial charge in [0.2, 0.25) is 0 Å². The average Bonchev–Trinajstić information content (AvgIpc) is 2.82. The molecule has 2 unspecified atom stereocenters. The molecule has 20 heavy (non-hydrogen) atoms. The third-order valence-corrected chi connectivity index (χ3v) is 4.94. The zero-order valence-electron chi connectivity index (χ0n) is 12.9. The first-order valence-corrected chi connectivity index (χ1v) is 8.30. The molecule has 1 aromatic rings. The SMILES string of the molecule is CCCNC1CC2CCCC(C1)N2Cc1ccc(C)o1. The lowest BCUT2D eigenvalue weighted by molar-refractivity contribution is 0.0127. The van der Waals surface area contributed by atoms with Gasteiger partial charge in [-0.15, -0.1) is 0 Å². The number of hydrogen-bond donors (Lipinski definition) is 1. The highest BCUT2D eigenvalue weighted by Crippen LogP contribution is 2.35. The summed E-state index contributed by atoms with van der Waals surface area (Å²) >= 11 is 0. The summed E-state index contributed by atoms with van der Waals surface area (Å²) < 4.78 is 5.79. The molecule has 1 aromatic heterocycles. The van der Waals surface area contributed by atoms with Gasteiger partial charge < -0.3 is 9.73 Å². The summed E-state index contributed by atoms with van der Waals surface area (Å²) in [7, 11) is 0. The molecule has 112 valence electrons. The van der Waals surface area contributed by atoms with Crippen LogP contribution in [0.4, 0.5) is 0 Å². The molecule has 2 atom stereocenters. The van der Waals surface area contributed by atoms with Gasteiger partial charge in [-0.25, -0.2) is 0 Å². The number of nitrogens with zero attached hydrogens (tertiary/aromatic N) is 1. The summed E-state index contributed by atoms with van der Waals surface area (Å²) in [6.45, 7) is 6.46. The van der Waals surface area contributed by atoms with Gasteiger partial charge in [0.05, 0.1) is 6.54 Å². The number of furan rings is 1. The molecule has 0 aliphatic carbocycles. The van der Waals surface area contributed by atoms with Gasteiger partial charge in [0, 0.05) is 18.1 Å². The first-order chi connectivity index (χ1) is 9.76. The van der Waals surface area contributed by atoms with E-state index in [-0.39, 0.29) is 0 Å². The maximum absolute atomic E-state index is 5.79. The third-order valence-electron chi connectivity index (χ3n) is 4.94. The van der Waals surface area contributed by atoms with E-state index >= 15 is 0 Å². The van der Waals surface area contributed by atoms with E-state index in [1.54, 1.807) is 0 Å². The van der Waals surface area contributed by atoms with Gasteiger partial charge in [-0.1, -0.05) is 13.3 Å². The Hall–Kier alpha value is -0.800. The van der Waals surface area contributed by atoms with E-state index in [9.17, 15) is 0 Å². The fourth-order valence-electron chi connectivity index (χ4n) is 4.00. The van der Waals surface area contributed by atoms with Crippen LogP contribution in [0.5, 0.6) is 0 Å². The van der Waals surface area contributed by atoms with Crippen LogP contribution in [0.1, 0.15) is 57.0 Å². The second kappa shape index (κ2) is 6.31. The van der Waals surface area contributed by atoms with Gasteiger partial charge in [0.15, 0.2) is 0 Å². The van der Waals surface area contributed by atoms with E-state index in [1.165, 1.54) is 45.1 Å². The van der Waals surface area contributed by atoms with Crippen LogP contribution in [-0.2, 0) is 6.54 Å². The van der Waals surface area contributed by atoms with Gasteiger partial charge in [0.1, 0.15) is 11.5 Å². The molecule has 3 heterocycles. The highest BCUT2D eigenvalue weighted by Gasteiger charge is 2.38. The standard InChI is InChI=1S/C17H28N2O/c1-3-9-18-14-10-15-5-4-6-16(11-14)19(15)12-17-8-7-13(2)20-17/h7-8,14-16,18H,3-6,9-12H2,1-2H3. The van der Waals surface area contributed by atoms with Crippen molar-refractivity contribution in [3.63, 3.8) is 0 Å². The summed E-state index contributed by atoms with van der Waals surface area (Å²) in [4.78, 5) is 2.71. The van der Waals surface area contributed by atoms with E-state index in [4.69, 9.17) is 4.42 Å². The van der Waals surface area contributed by atoms with Crippen LogP contribution in [-0.4, -0.2) is 29.6 Å². The summed E-state index contributed by atoms with van der Waals surface area (Å²) in [6, 6.07) is 6.47. The Morgan fingerprint density at radius 2 is 2.00 bits per heavy atom. The van der Waals surface area contributed by atoms with Gasteiger partial charge in [-0.05, 0) is 57.7 Å². The summed E-state index contributed by atoms with van der Waals surface area (Å²) in [5.41, 5.74) is 0. The third kappa shape index (κ3) is 3.09. The number of rotatable bonds is 5. The number of hydrogen-bond acceptors (Lipinski definition) is 3. The van der Waals surface area contributed by atoms with E-state index in [0.29, 0.717) is 0 Å². The highest BCUT2D eigenvalue weighted by atomic mass is 16.3. The highest BCUT2D eigenvalue weighted by molar-refractivity contribution is 5.07. The molecular formula is C17H28N2O.